The highest BCUT2D eigenvalue weighted by Crippen LogP contribution is 2.30. The van der Waals surface area contributed by atoms with Crippen molar-refractivity contribution in [3.8, 4) is 11.3 Å². The molecule has 1 saturated carbocycles. The van der Waals surface area contributed by atoms with Gasteiger partial charge in [-0.1, -0.05) is 12.1 Å². The van der Waals surface area contributed by atoms with E-state index in [-0.39, 0.29) is 11.8 Å². The summed E-state index contributed by atoms with van der Waals surface area (Å²) in [4.78, 5) is 26.6. The SMILES string of the molecule is Cc1ncc(-c2ccc3cnc(NC(=O)[C@H]4CC[C@H](N5CCN(C)CC5)CC4)cc3c2)o1. The molecule has 7 nitrogen and oxygen atoms in total. The molecule has 1 aliphatic carbocycles. The molecule has 7 heteroatoms. The van der Waals surface area contributed by atoms with Gasteiger partial charge in [0.25, 0.3) is 0 Å². The molecule has 0 atom stereocenters. The predicted octanol–water partition coefficient (Wildman–Crippen LogP) is 3.94. The number of aryl methyl sites for hydroxylation is 1. The van der Waals surface area contributed by atoms with Crippen LogP contribution in [0.1, 0.15) is 31.6 Å². The number of piperazine rings is 1. The van der Waals surface area contributed by atoms with E-state index in [0.29, 0.717) is 17.8 Å². The summed E-state index contributed by atoms with van der Waals surface area (Å²) < 4.78 is 5.65. The van der Waals surface area contributed by atoms with Gasteiger partial charge in [-0.3, -0.25) is 9.69 Å². The number of hydrogen-bond donors (Lipinski definition) is 1. The highest BCUT2D eigenvalue weighted by molar-refractivity contribution is 5.94. The van der Waals surface area contributed by atoms with Crippen molar-refractivity contribution in [3.05, 3.63) is 42.5 Å². The zero-order chi connectivity index (χ0) is 22.1. The van der Waals surface area contributed by atoms with E-state index in [4.69, 9.17) is 4.42 Å². The van der Waals surface area contributed by atoms with E-state index in [1.807, 2.05) is 37.4 Å². The number of fused-ring (bicyclic) bond motifs is 1. The van der Waals surface area contributed by atoms with Crippen molar-refractivity contribution in [2.24, 2.45) is 5.92 Å². The van der Waals surface area contributed by atoms with Crippen LogP contribution in [-0.2, 0) is 4.79 Å². The third kappa shape index (κ3) is 4.54. The van der Waals surface area contributed by atoms with Crippen LogP contribution >= 0.6 is 0 Å². The van der Waals surface area contributed by atoms with Crippen molar-refractivity contribution in [3.63, 3.8) is 0 Å². The summed E-state index contributed by atoms with van der Waals surface area (Å²) in [5, 5.41) is 5.10. The van der Waals surface area contributed by atoms with Gasteiger partial charge in [0.2, 0.25) is 5.91 Å². The number of nitrogens with one attached hydrogen (secondary N) is 1. The summed E-state index contributed by atoms with van der Waals surface area (Å²) in [6, 6.07) is 8.63. The van der Waals surface area contributed by atoms with Gasteiger partial charge in [-0.05, 0) is 50.2 Å². The first-order valence-corrected chi connectivity index (χ1v) is 11.6. The first kappa shape index (κ1) is 21.1. The molecule has 1 amide bonds. The van der Waals surface area contributed by atoms with E-state index in [9.17, 15) is 4.79 Å². The average molecular weight is 434 g/mol. The minimum Gasteiger partial charge on any atom is -0.441 e. The van der Waals surface area contributed by atoms with Gasteiger partial charge in [-0.2, -0.15) is 0 Å². The van der Waals surface area contributed by atoms with Crippen LogP contribution in [0, 0.1) is 12.8 Å². The minimum absolute atomic E-state index is 0.0692. The molecular formula is C25H31N5O2. The lowest BCUT2D eigenvalue weighted by Crippen LogP contribution is -2.50. The fraction of sp³-hybridized carbons (Fsp3) is 0.480. The number of likely N-dealkylation sites (N-methyl/N-ethyl adjacent to an activating group) is 1. The van der Waals surface area contributed by atoms with Gasteiger partial charge in [0.05, 0.1) is 6.20 Å². The lowest BCUT2D eigenvalue weighted by Gasteiger charge is -2.40. The van der Waals surface area contributed by atoms with E-state index in [0.717, 1.165) is 74.0 Å². The van der Waals surface area contributed by atoms with Crippen LogP contribution in [0.25, 0.3) is 22.1 Å². The normalized spacial score (nSPS) is 22.8. The Morgan fingerprint density at radius 3 is 2.50 bits per heavy atom. The largest absolute Gasteiger partial charge is 0.441 e. The molecule has 1 saturated heterocycles. The Labute approximate surface area is 188 Å². The van der Waals surface area contributed by atoms with Crippen molar-refractivity contribution in [1.82, 2.24) is 19.8 Å². The second-order valence-corrected chi connectivity index (χ2v) is 9.21. The molecule has 1 aliphatic heterocycles. The topological polar surface area (TPSA) is 74.5 Å². The van der Waals surface area contributed by atoms with Gasteiger partial charge in [-0.15, -0.1) is 0 Å². The van der Waals surface area contributed by atoms with Crippen LogP contribution in [0.15, 0.2) is 41.1 Å². The van der Waals surface area contributed by atoms with Crippen LogP contribution in [0.3, 0.4) is 0 Å². The Morgan fingerprint density at radius 1 is 1.00 bits per heavy atom. The van der Waals surface area contributed by atoms with E-state index in [1.54, 1.807) is 6.20 Å². The van der Waals surface area contributed by atoms with Gasteiger partial charge in [-0.25, -0.2) is 9.97 Å². The third-order valence-electron chi connectivity index (χ3n) is 7.00. The molecule has 3 heterocycles. The molecule has 1 N–H and O–H groups in total. The van der Waals surface area contributed by atoms with Crippen LogP contribution in [0.4, 0.5) is 5.82 Å². The van der Waals surface area contributed by atoms with Gasteiger partial charge < -0.3 is 14.6 Å². The first-order valence-electron chi connectivity index (χ1n) is 11.6. The zero-order valence-corrected chi connectivity index (χ0v) is 18.9. The number of oxazole rings is 1. The monoisotopic (exact) mass is 433 g/mol. The number of anilines is 1. The van der Waals surface area contributed by atoms with Gasteiger partial charge in [0.1, 0.15) is 5.82 Å². The number of rotatable bonds is 4. The van der Waals surface area contributed by atoms with Gasteiger partial charge in [0, 0.05) is 62.2 Å². The number of pyridine rings is 1. The summed E-state index contributed by atoms with van der Waals surface area (Å²) in [6.45, 7) is 6.42. The van der Waals surface area contributed by atoms with Crippen LogP contribution in [0.5, 0.6) is 0 Å². The average Bonchev–Trinajstić information content (AvgIpc) is 3.25. The molecule has 32 heavy (non-hydrogen) atoms. The molecule has 0 bridgehead atoms. The molecular weight excluding hydrogens is 402 g/mol. The van der Waals surface area contributed by atoms with E-state index in [1.165, 1.54) is 0 Å². The Hall–Kier alpha value is -2.77. The molecule has 2 aliphatic rings. The van der Waals surface area contributed by atoms with Crippen molar-refractivity contribution < 1.29 is 9.21 Å². The van der Waals surface area contributed by atoms with E-state index >= 15 is 0 Å². The second-order valence-electron chi connectivity index (χ2n) is 9.21. The lowest BCUT2D eigenvalue weighted by molar-refractivity contribution is -0.121. The molecule has 1 aromatic carbocycles. The molecule has 3 aromatic rings. The third-order valence-corrected chi connectivity index (χ3v) is 7.00. The number of hydrogen-bond acceptors (Lipinski definition) is 6. The Morgan fingerprint density at radius 2 is 1.78 bits per heavy atom. The fourth-order valence-electron chi connectivity index (χ4n) is 4.98. The van der Waals surface area contributed by atoms with Crippen LogP contribution in [0.2, 0.25) is 0 Å². The summed E-state index contributed by atoms with van der Waals surface area (Å²) in [7, 11) is 2.19. The van der Waals surface area contributed by atoms with Gasteiger partial charge >= 0.3 is 0 Å². The second kappa shape index (κ2) is 9.00. The van der Waals surface area contributed by atoms with E-state index < -0.39 is 0 Å². The highest BCUT2D eigenvalue weighted by Gasteiger charge is 2.30. The first-order chi connectivity index (χ1) is 15.5. The predicted molar refractivity (Wildman–Crippen MR) is 125 cm³/mol. The molecule has 5 rings (SSSR count). The minimum atomic E-state index is 0.0692. The summed E-state index contributed by atoms with van der Waals surface area (Å²) in [5.74, 6) is 2.15. The van der Waals surface area contributed by atoms with Crippen LogP contribution < -0.4 is 5.32 Å². The number of carbonyl (C=O) groups is 1. The zero-order valence-electron chi connectivity index (χ0n) is 18.9. The summed E-state index contributed by atoms with van der Waals surface area (Å²) in [5.41, 5.74) is 0.962. The number of benzene rings is 1. The van der Waals surface area contributed by atoms with Gasteiger partial charge in [0.15, 0.2) is 11.7 Å². The quantitative estimate of drug-likeness (QED) is 0.672. The molecule has 0 radical (unpaired) electrons. The van der Waals surface area contributed by atoms with Crippen LogP contribution in [-0.4, -0.2) is 64.9 Å². The van der Waals surface area contributed by atoms with Crippen molar-refractivity contribution in [1.29, 1.82) is 0 Å². The maximum absolute atomic E-state index is 12.9. The van der Waals surface area contributed by atoms with Crippen molar-refractivity contribution >= 4 is 22.5 Å². The molecule has 2 aromatic heterocycles. The molecule has 0 unspecified atom stereocenters. The highest BCUT2D eigenvalue weighted by atomic mass is 16.4. The molecule has 168 valence electrons. The Bertz CT molecular complexity index is 1090. The standard InChI is InChI=1S/C25H31N5O2/c1-17-26-16-23(32-17)19-3-4-20-15-27-24(14-21(20)13-19)28-25(31)18-5-7-22(8-6-18)30-11-9-29(2)10-12-30/h3-4,13-16,18,22H,5-12H2,1-2H3,(H,27,28,31)/t18-,22-. The van der Waals surface area contributed by atoms with Crippen molar-refractivity contribution in [2.45, 2.75) is 38.6 Å². The summed E-state index contributed by atoms with van der Waals surface area (Å²) >= 11 is 0. The fourth-order valence-corrected chi connectivity index (χ4v) is 4.98. The molecule has 2 fully saturated rings. The van der Waals surface area contributed by atoms with E-state index in [2.05, 4.69) is 32.1 Å². The maximum Gasteiger partial charge on any atom is 0.228 e. The smallest absolute Gasteiger partial charge is 0.228 e. The number of aromatic nitrogens is 2. The Balaban J connectivity index is 1.22. The lowest BCUT2D eigenvalue weighted by atomic mass is 9.84. The maximum atomic E-state index is 12.9. The number of amides is 1. The Kier molecular flexibility index (Phi) is 5.93. The summed E-state index contributed by atoms with van der Waals surface area (Å²) in [6.07, 6.45) is 7.65. The number of nitrogens with zero attached hydrogens (tertiary/aromatic N) is 4. The number of carbonyl (C=O) groups excluding carboxylic acids is 1. The van der Waals surface area contributed by atoms with Crippen molar-refractivity contribution in [2.75, 3.05) is 38.5 Å². The molecule has 0 spiro atoms.